The number of hydrogen-bond donors (Lipinski definition) is 2. The summed E-state index contributed by atoms with van der Waals surface area (Å²) in [4.78, 5) is 11.5. The van der Waals surface area contributed by atoms with Gasteiger partial charge < -0.3 is 19.9 Å². The number of halogens is 3. The second kappa shape index (κ2) is 11.7. The molecule has 0 heterocycles. The van der Waals surface area contributed by atoms with Gasteiger partial charge in [0.05, 0.1) is 11.6 Å². The van der Waals surface area contributed by atoms with E-state index in [1.54, 1.807) is 30.3 Å². The zero-order valence-corrected chi connectivity index (χ0v) is 19.4. The van der Waals surface area contributed by atoms with Crippen LogP contribution in [0, 0.1) is 5.92 Å². The Morgan fingerprint density at radius 3 is 2.43 bits per heavy atom. The number of carbonyl (C=O) groups is 1. The number of nitrogens with one attached hydrogen (secondary N) is 1. The van der Waals surface area contributed by atoms with Gasteiger partial charge in [0.2, 0.25) is 0 Å². The van der Waals surface area contributed by atoms with E-state index < -0.39 is 12.0 Å². The Labute approximate surface area is 192 Å². The molecule has 0 saturated carbocycles. The highest BCUT2D eigenvalue weighted by molar-refractivity contribution is 6.35. The molecule has 2 rings (SSSR count). The molecule has 30 heavy (non-hydrogen) atoms. The van der Waals surface area contributed by atoms with Crippen molar-refractivity contribution in [1.29, 1.82) is 0 Å². The summed E-state index contributed by atoms with van der Waals surface area (Å²) in [6, 6.07) is 8.08. The molecule has 0 aliphatic rings. The first-order valence-corrected chi connectivity index (χ1v) is 10.8. The van der Waals surface area contributed by atoms with Gasteiger partial charge in [-0.3, -0.25) is 4.79 Å². The number of rotatable bonds is 11. The van der Waals surface area contributed by atoms with Crippen molar-refractivity contribution in [2.75, 3.05) is 6.61 Å². The van der Waals surface area contributed by atoms with Gasteiger partial charge in [-0.15, -0.1) is 0 Å². The highest BCUT2D eigenvalue weighted by atomic mass is 35.5. The van der Waals surface area contributed by atoms with Crippen molar-refractivity contribution in [2.24, 2.45) is 5.92 Å². The van der Waals surface area contributed by atoms with Crippen LogP contribution in [0.2, 0.25) is 15.1 Å². The number of hydrogen-bond acceptors (Lipinski definition) is 4. The lowest BCUT2D eigenvalue weighted by Crippen LogP contribution is -2.37. The Morgan fingerprint density at radius 1 is 1.10 bits per heavy atom. The molecule has 0 aliphatic carbocycles. The van der Waals surface area contributed by atoms with Crippen LogP contribution in [0.25, 0.3) is 0 Å². The van der Waals surface area contributed by atoms with Gasteiger partial charge in [0.1, 0.15) is 12.6 Å². The molecule has 8 heteroatoms. The second-order valence-corrected chi connectivity index (χ2v) is 8.51. The molecule has 2 N–H and O–H groups in total. The summed E-state index contributed by atoms with van der Waals surface area (Å²) in [5.41, 5.74) is 1.57. The average molecular weight is 475 g/mol. The largest absolute Gasteiger partial charge is 0.490 e. The summed E-state index contributed by atoms with van der Waals surface area (Å²) < 4.78 is 11.6. The molecule has 164 valence electrons. The van der Waals surface area contributed by atoms with Crippen molar-refractivity contribution in [3.63, 3.8) is 0 Å². The standard InChI is InChI=1S/C22H26Cl3NO4/c1-4-29-20-9-14(11-26-19(22(27)28)7-13(2)3)8-18(25)21(20)30-12-15-5-6-16(23)10-17(15)24/h5-6,8-10,13,19,26H,4,7,11-12H2,1-3H3,(H,27,28). The maximum Gasteiger partial charge on any atom is 0.320 e. The number of ether oxygens (including phenoxy) is 2. The quantitative estimate of drug-likeness (QED) is 0.405. The summed E-state index contributed by atoms with van der Waals surface area (Å²) in [5.74, 6) is 0.282. The summed E-state index contributed by atoms with van der Waals surface area (Å²) in [7, 11) is 0. The van der Waals surface area contributed by atoms with Gasteiger partial charge in [-0.2, -0.15) is 0 Å². The van der Waals surface area contributed by atoms with Crippen LogP contribution in [0.15, 0.2) is 30.3 Å². The molecule has 0 amide bonds. The van der Waals surface area contributed by atoms with Crippen LogP contribution >= 0.6 is 34.8 Å². The first-order valence-electron chi connectivity index (χ1n) is 9.69. The summed E-state index contributed by atoms with van der Waals surface area (Å²) >= 11 is 18.6. The summed E-state index contributed by atoms with van der Waals surface area (Å²) in [6.45, 7) is 6.80. The number of benzene rings is 2. The lowest BCUT2D eigenvalue weighted by atomic mass is 10.0. The molecule has 1 unspecified atom stereocenters. The number of carboxylic acids is 1. The minimum absolute atomic E-state index is 0.197. The molecule has 5 nitrogen and oxygen atoms in total. The fourth-order valence-corrected chi connectivity index (χ4v) is 3.65. The molecule has 0 radical (unpaired) electrons. The summed E-state index contributed by atoms with van der Waals surface area (Å²) in [6.07, 6.45) is 0.532. The van der Waals surface area contributed by atoms with E-state index in [0.717, 1.165) is 11.1 Å². The maximum absolute atomic E-state index is 11.5. The molecular weight excluding hydrogens is 449 g/mol. The lowest BCUT2D eigenvalue weighted by molar-refractivity contribution is -0.140. The minimum atomic E-state index is -0.875. The van der Waals surface area contributed by atoms with Crippen LogP contribution in [0.4, 0.5) is 0 Å². The Kier molecular flexibility index (Phi) is 9.56. The van der Waals surface area contributed by atoms with E-state index in [0.29, 0.717) is 46.1 Å². The predicted molar refractivity (Wildman–Crippen MR) is 121 cm³/mol. The molecule has 0 aromatic heterocycles. The van der Waals surface area contributed by atoms with Crippen LogP contribution in [0.1, 0.15) is 38.3 Å². The summed E-state index contributed by atoms with van der Waals surface area (Å²) in [5, 5.41) is 13.9. The van der Waals surface area contributed by atoms with Crippen LogP contribution < -0.4 is 14.8 Å². The molecule has 2 aromatic carbocycles. The normalized spacial score (nSPS) is 12.1. The fourth-order valence-electron chi connectivity index (χ4n) is 2.90. The van der Waals surface area contributed by atoms with Gasteiger partial charge in [0.25, 0.3) is 0 Å². The van der Waals surface area contributed by atoms with Crippen LogP contribution in [0.5, 0.6) is 11.5 Å². The van der Waals surface area contributed by atoms with Crippen molar-refractivity contribution in [2.45, 2.75) is 46.4 Å². The average Bonchev–Trinajstić information content (AvgIpc) is 2.65. The molecule has 2 aromatic rings. The van der Waals surface area contributed by atoms with Crippen LogP contribution in [0.3, 0.4) is 0 Å². The van der Waals surface area contributed by atoms with E-state index in [4.69, 9.17) is 44.3 Å². The smallest absolute Gasteiger partial charge is 0.320 e. The monoisotopic (exact) mass is 473 g/mol. The first-order chi connectivity index (χ1) is 14.2. The molecule has 0 fully saturated rings. The Bertz CT molecular complexity index is 874. The molecule has 0 saturated heterocycles. The van der Waals surface area contributed by atoms with Gasteiger partial charge >= 0.3 is 5.97 Å². The Balaban J connectivity index is 2.17. The van der Waals surface area contributed by atoms with E-state index in [2.05, 4.69) is 5.32 Å². The highest BCUT2D eigenvalue weighted by Gasteiger charge is 2.19. The zero-order chi connectivity index (χ0) is 22.3. The lowest BCUT2D eigenvalue weighted by Gasteiger charge is -2.18. The molecule has 0 bridgehead atoms. The van der Waals surface area contributed by atoms with Crippen molar-refractivity contribution >= 4 is 40.8 Å². The first kappa shape index (κ1) is 24.6. The molecular formula is C22H26Cl3NO4. The van der Waals surface area contributed by atoms with Gasteiger partial charge in [0.15, 0.2) is 11.5 Å². The van der Waals surface area contributed by atoms with Crippen molar-refractivity contribution in [1.82, 2.24) is 5.32 Å². The molecule has 1 atom stereocenters. The van der Waals surface area contributed by atoms with Crippen LogP contribution in [-0.2, 0) is 17.9 Å². The minimum Gasteiger partial charge on any atom is -0.490 e. The third-order valence-corrected chi connectivity index (χ3v) is 5.18. The van der Waals surface area contributed by atoms with Crippen molar-refractivity contribution in [3.8, 4) is 11.5 Å². The van der Waals surface area contributed by atoms with E-state index in [1.165, 1.54) is 0 Å². The van der Waals surface area contributed by atoms with E-state index >= 15 is 0 Å². The zero-order valence-electron chi connectivity index (χ0n) is 17.2. The van der Waals surface area contributed by atoms with Crippen LogP contribution in [-0.4, -0.2) is 23.7 Å². The van der Waals surface area contributed by atoms with Gasteiger partial charge in [-0.1, -0.05) is 54.7 Å². The second-order valence-electron chi connectivity index (χ2n) is 7.26. The van der Waals surface area contributed by atoms with Crippen molar-refractivity contribution in [3.05, 3.63) is 56.5 Å². The Hall–Kier alpha value is -1.66. The van der Waals surface area contributed by atoms with E-state index in [1.807, 2.05) is 20.8 Å². The predicted octanol–water partition coefficient (Wildman–Crippen LogP) is 6.21. The third kappa shape index (κ3) is 7.24. The van der Waals surface area contributed by atoms with Crippen molar-refractivity contribution < 1.29 is 19.4 Å². The topological polar surface area (TPSA) is 67.8 Å². The maximum atomic E-state index is 11.5. The van der Waals surface area contributed by atoms with Gasteiger partial charge in [-0.25, -0.2) is 0 Å². The third-order valence-electron chi connectivity index (χ3n) is 4.31. The van der Waals surface area contributed by atoms with Gasteiger partial charge in [-0.05, 0) is 49.1 Å². The van der Waals surface area contributed by atoms with Gasteiger partial charge in [0, 0.05) is 22.2 Å². The number of aliphatic carboxylic acids is 1. The molecule has 0 spiro atoms. The SMILES string of the molecule is CCOc1cc(CNC(CC(C)C)C(=O)O)cc(Cl)c1OCc1ccc(Cl)cc1Cl. The number of carboxylic acid groups (broad SMARTS) is 1. The molecule has 0 aliphatic heterocycles. The Morgan fingerprint density at radius 2 is 1.83 bits per heavy atom. The highest BCUT2D eigenvalue weighted by Crippen LogP contribution is 2.37. The van der Waals surface area contributed by atoms with E-state index in [-0.39, 0.29) is 12.5 Å². The van der Waals surface area contributed by atoms with E-state index in [9.17, 15) is 9.90 Å². The fraction of sp³-hybridized carbons (Fsp3) is 0.409.